The highest BCUT2D eigenvalue weighted by Gasteiger charge is 2.26. The minimum absolute atomic E-state index is 0.0398. The predicted molar refractivity (Wildman–Crippen MR) is 94.8 cm³/mol. The maximum atomic E-state index is 12.4. The Bertz CT molecular complexity index is 779. The molecule has 1 amide bonds. The van der Waals surface area contributed by atoms with E-state index in [1.165, 1.54) is 22.5 Å². The van der Waals surface area contributed by atoms with Crippen molar-refractivity contribution in [2.24, 2.45) is 0 Å². The Labute approximate surface area is 144 Å². The molecule has 0 saturated carbocycles. The molecule has 122 valence electrons. The molecule has 1 aliphatic carbocycles. The van der Waals surface area contributed by atoms with Gasteiger partial charge in [-0.1, -0.05) is 12.1 Å². The van der Waals surface area contributed by atoms with E-state index in [0.29, 0.717) is 13.0 Å². The van der Waals surface area contributed by atoms with E-state index in [1.807, 2.05) is 26.0 Å². The van der Waals surface area contributed by atoms with Crippen molar-refractivity contribution in [3.05, 3.63) is 43.9 Å². The number of aromatic amines is 1. The lowest BCUT2D eigenvalue weighted by molar-refractivity contribution is -0.121. The van der Waals surface area contributed by atoms with Crippen LogP contribution < -0.4 is 10.1 Å². The van der Waals surface area contributed by atoms with Crippen LogP contribution in [0.5, 0.6) is 5.75 Å². The molecule has 1 aliphatic rings. The van der Waals surface area contributed by atoms with Crippen LogP contribution in [-0.4, -0.2) is 17.5 Å². The number of nitrogens with one attached hydrogen (secondary N) is 2. The van der Waals surface area contributed by atoms with Crippen LogP contribution in [0.1, 0.15) is 41.1 Å². The predicted octanol–water partition coefficient (Wildman–Crippen LogP) is 3.86. The van der Waals surface area contributed by atoms with Crippen molar-refractivity contribution >= 4 is 29.5 Å². The molecule has 0 fully saturated rings. The van der Waals surface area contributed by atoms with Crippen molar-refractivity contribution in [2.45, 2.75) is 39.2 Å². The van der Waals surface area contributed by atoms with Gasteiger partial charge in [-0.2, -0.15) is 0 Å². The van der Waals surface area contributed by atoms with E-state index < -0.39 is 0 Å². The van der Waals surface area contributed by atoms with Crippen LogP contribution in [0.15, 0.2) is 18.2 Å². The maximum absolute atomic E-state index is 12.4. The van der Waals surface area contributed by atoms with E-state index in [1.54, 1.807) is 0 Å². The summed E-state index contributed by atoms with van der Waals surface area (Å²) in [5.41, 5.74) is 3.40. The summed E-state index contributed by atoms with van der Waals surface area (Å²) in [5.74, 6) is 0.985. The van der Waals surface area contributed by atoms with Crippen LogP contribution in [0.3, 0.4) is 0 Å². The van der Waals surface area contributed by atoms with Crippen LogP contribution in [0, 0.1) is 10.9 Å². The fourth-order valence-electron chi connectivity index (χ4n) is 3.06. The quantitative estimate of drug-likeness (QED) is 0.807. The molecule has 1 heterocycles. The Morgan fingerprint density at radius 1 is 1.52 bits per heavy atom. The van der Waals surface area contributed by atoms with Gasteiger partial charge < -0.3 is 15.0 Å². The first-order chi connectivity index (χ1) is 11.1. The van der Waals surface area contributed by atoms with Gasteiger partial charge in [-0.05, 0) is 56.1 Å². The van der Waals surface area contributed by atoms with E-state index in [0.717, 1.165) is 33.1 Å². The third-order valence-electron chi connectivity index (χ3n) is 4.11. The number of benzene rings is 1. The Balaban J connectivity index is 1.71. The number of ether oxygens (including phenoxy) is 1. The smallest absolute Gasteiger partial charge is 0.225 e. The third-order valence-corrected chi connectivity index (χ3v) is 5.44. The number of carbonyl (C=O) groups excluding carboxylic acids is 1. The Kier molecular flexibility index (Phi) is 4.82. The number of hydrogen-bond acceptors (Lipinski definition) is 4. The zero-order chi connectivity index (χ0) is 16.4. The van der Waals surface area contributed by atoms with Crippen LogP contribution >= 0.6 is 23.6 Å². The minimum atomic E-state index is 0.0398. The van der Waals surface area contributed by atoms with E-state index in [-0.39, 0.29) is 11.9 Å². The third kappa shape index (κ3) is 3.48. The zero-order valence-corrected chi connectivity index (χ0v) is 14.9. The van der Waals surface area contributed by atoms with E-state index in [2.05, 4.69) is 16.4 Å². The van der Waals surface area contributed by atoms with Gasteiger partial charge in [0.05, 0.1) is 19.1 Å². The summed E-state index contributed by atoms with van der Waals surface area (Å²) in [5, 5.41) is 3.15. The molecule has 0 unspecified atom stereocenters. The van der Waals surface area contributed by atoms with Crippen molar-refractivity contribution in [3.63, 3.8) is 0 Å². The standard InChI is InChI=1S/C17H20N2O2S2/c1-3-21-14-6-4-5-11-12(14)7-8-13(11)19-16(20)9-15-10(2)18-17(22)23-15/h4-6,13H,3,7-9H2,1-2H3,(H,18,22)(H,19,20)/t13-/m1/s1. The topological polar surface area (TPSA) is 54.1 Å². The monoisotopic (exact) mass is 348 g/mol. The van der Waals surface area contributed by atoms with Gasteiger partial charge >= 0.3 is 0 Å². The summed E-state index contributed by atoms with van der Waals surface area (Å²) in [6.45, 7) is 4.60. The molecule has 23 heavy (non-hydrogen) atoms. The normalized spacial score (nSPS) is 16.2. The van der Waals surface area contributed by atoms with Gasteiger partial charge in [0.2, 0.25) is 5.91 Å². The molecule has 0 aliphatic heterocycles. The number of amides is 1. The SMILES string of the molecule is CCOc1cccc2c1CC[C@H]2NC(=O)Cc1sc(=S)[nH]c1C. The highest BCUT2D eigenvalue weighted by Crippen LogP contribution is 2.37. The van der Waals surface area contributed by atoms with Crippen LogP contribution in [0.2, 0.25) is 0 Å². The van der Waals surface area contributed by atoms with Gasteiger partial charge in [0, 0.05) is 10.6 Å². The fourth-order valence-corrected chi connectivity index (χ4v) is 4.35. The Morgan fingerprint density at radius 2 is 2.35 bits per heavy atom. The summed E-state index contributed by atoms with van der Waals surface area (Å²) >= 11 is 6.60. The molecular weight excluding hydrogens is 328 g/mol. The number of thiazole rings is 1. The fraction of sp³-hybridized carbons (Fsp3) is 0.412. The number of fused-ring (bicyclic) bond motifs is 1. The molecule has 3 rings (SSSR count). The van der Waals surface area contributed by atoms with Crippen molar-refractivity contribution < 1.29 is 9.53 Å². The van der Waals surface area contributed by atoms with E-state index in [9.17, 15) is 4.79 Å². The lowest BCUT2D eigenvalue weighted by Crippen LogP contribution is -2.28. The molecule has 6 heteroatoms. The van der Waals surface area contributed by atoms with Crippen LogP contribution in [0.25, 0.3) is 0 Å². The molecule has 0 spiro atoms. The number of aromatic nitrogens is 1. The number of hydrogen-bond donors (Lipinski definition) is 2. The maximum Gasteiger partial charge on any atom is 0.225 e. The van der Waals surface area contributed by atoms with Crippen molar-refractivity contribution in [3.8, 4) is 5.75 Å². The summed E-state index contributed by atoms with van der Waals surface area (Å²) in [6, 6.07) is 6.16. The average Bonchev–Trinajstić information content (AvgIpc) is 3.04. The lowest BCUT2D eigenvalue weighted by Gasteiger charge is -2.15. The largest absolute Gasteiger partial charge is 0.494 e. The molecule has 1 aromatic heterocycles. The summed E-state index contributed by atoms with van der Waals surface area (Å²) < 4.78 is 6.41. The molecule has 1 aromatic carbocycles. The molecule has 0 radical (unpaired) electrons. The molecule has 2 N–H and O–H groups in total. The lowest BCUT2D eigenvalue weighted by atomic mass is 10.1. The number of aryl methyl sites for hydroxylation is 1. The summed E-state index contributed by atoms with van der Waals surface area (Å²) in [7, 11) is 0. The number of H-pyrrole nitrogens is 1. The van der Waals surface area contributed by atoms with E-state index in [4.69, 9.17) is 17.0 Å². The number of carbonyl (C=O) groups is 1. The second-order valence-corrected chi connectivity index (χ2v) is 7.43. The highest BCUT2D eigenvalue weighted by atomic mass is 32.1. The van der Waals surface area contributed by atoms with Gasteiger partial charge in [0.15, 0.2) is 3.95 Å². The van der Waals surface area contributed by atoms with Gasteiger partial charge in [0.1, 0.15) is 5.75 Å². The van der Waals surface area contributed by atoms with Crippen LogP contribution in [-0.2, 0) is 17.6 Å². The molecule has 1 atom stereocenters. The Morgan fingerprint density at radius 3 is 3.04 bits per heavy atom. The van der Waals surface area contributed by atoms with Gasteiger partial charge in [0.25, 0.3) is 0 Å². The number of rotatable bonds is 5. The summed E-state index contributed by atoms with van der Waals surface area (Å²) in [4.78, 5) is 16.5. The molecule has 2 aromatic rings. The summed E-state index contributed by atoms with van der Waals surface area (Å²) in [6.07, 6.45) is 2.24. The van der Waals surface area contributed by atoms with E-state index >= 15 is 0 Å². The molecule has 0 saturated heterocycles. The van der Waals surface area contributed by atoms with Crippen molar-refractivity contribution in [2.75, 3.05) is 6.61 Å². The second-order valence-electron chi connectivity index (χ2n) is 5.66. The van der Waals surface area contributed by atoms with Crippen LogP contribution in [0.4, 0.5) is 0 Å². The molecular formula is C17H20N2O2S2. The second kappa shape index (κ2) is 6.84. The average molecular weight is 348 g/mol. The van der Waals surface area contributed by atoms with Gasteiger partial charge in [-0.15, -0.1) is 11.3 Å². The molecule has 4 nitrogen and oxygen atoms in total. The van der Waals surface area contributed by atoms with Crippen molar-refractivity contribution in [1.29, 1.82) is 0 Å². The minimum Gasteiger partial charge on any atom is -0.494 e. The Hall–Kier alpha value is -1.66. The zero-order valence-electron chi connectivity index (χ0n) is 13.3. The first kappa shape index (κ1) is 16.2. The van der Waals surface area contributed by atoms with Gasteiger partial charge in [-0.3, -0.25) is 4.79 Å². The first-order valence-corrected chi connectivity index (χ1v) is 9.03. The first-order valence-electron chi connectivity index (χ1n) is 7.81. The van der Waals surface area contributed by atoms with Crippen molar-refractivity contribution in [1.82, 2.24) is 10.3 Å². The molecule has 0 bridgehead atoms. The highest BCUT2D eigenvalue weighted by molar-refractivity contribution is 7.73. The van der Waals surface area contributed by atoms with Gasteiger partial charge in [-0.25, -0.2) is 0 Å².